The lowest BCUT2D eigenvalue weighted by Crippen LogP contribution is -2.24. The van der Waals surface area contributed by atoms with Gasteiger partial charge in [-0.1, -0.05) is 0 Å². The van der Waals surface area contributed by atoms with Crippen LogP contribution in [-0.4, -0.2) is 32.2 Å². The average molecular weight is 266 g/mol. The largest absolute Gasteiger partial charge is 0.476 e. The molecule has 0 aliphatic heterocycles. The fraction of sp³-hybridized carbons (Fsp3) is 0.200. The Morgan fingerprint density at radius 3 is 2.94 bits per heavy atom. The van der Waals surface area contributed by atoms with Crippen molar-refractivity contribution in [1.82, 2.24) is 20.5 Å². The molecule has 0 atom stereocenters. The van der Waals surface area contributed by atoms with Gasteiger partial charge in [-0.25, -0.2) is 9.78 Å². The van der Waals surface area contributed by atoms with E-state index in [2.05, 4.69) is 20.5 Å². The van der Waals surface area contributed by atoms with Crippen LogP contribution in [0.4, 0.5) is 0 Å². The van der Waals surface area contributed by atoms with Crippen LogP contribution in [0.2, 0.25) is 0 Å². The summed E-state index contributed by atoms with van der Waals surface area (Å²) in [7, 11) is 0. The normalized spacial score (nSPS) is 10.2. The van der Waals surface area contributed by atoms with Crippen LogP contribution in [0.1, 0.15) is 21.2 Å². The standard InChI is InChI=1S/C10H10N4O3S/c15-8(3-6-1-2-12-14-6)11-4-9-13-7(5-18-9)10(16)17/h1-2,5H,3-4H2,(H,11,15)(H,12,14)(H,16,17). The summed E-state index contributed by atoms with van der Waals surface area (Å²) >= 11 is 1.20. The molecule has 3 N–H and O–H groups in total. The molecule has 7 nitrogen and oxygen atoms in total. The van der Waals surface area contributed by atoms with E-state index in [0.29, 0.717) is 5.01 Å². The number of hydrogen-bond donors (Lipinski definition) is 3. The second-order valence-electron chi connectivity index (χ2n) is 3.47. The van der Waals surface area contributed by atoms with E-state index < -0.39 is 5.97 Å². The van der Waals surface area contributed by atoms with Crippen LogP contribution in [-0.2, 0) is 17.8 Å². The maximum absolute atomic E-state index is 11.5. The molecule has 0 bridgehead atoms. The summed E-state index contributed by atoms with van der Waals surface area (Å²) in [4.78, 5) is 26.0. The van der Waals surface area contributed by atoms with Crippen molar-refractivity contribution in [3.8, 4) is 0 Å². The van der Waals surface area contributed by atoms with Crippen molar-refractivity contribution in [2.75, 3.05) is 0 Å². The molecule has 0 saturated heterocycles. The number of aromatic carboxylic acids is 1. The zero-order valence-electron chi connectivity index (χ0n) is 9.21. The van der Waals surface area contributed by atoms with Crippen molar-refractivity contribution >= 4 is 23.2 Å². The van der Waals surface area contributed by atoms with Gasteiger partial charge in [0.2, 0.25) is 5.91 Å². The van der Waals surface area contributed by atoms with Crippen LogP contribution in [0, 0.1) is 0 Å². The first kappa shape index (κ1) is 12.2. The SMILES string of the molecule is O=C(Cc1ccn[nH]1)NCc1nc(C(=O)O)cs1. The third-order valence-electron chi connectivity index (χ3n) is 2.12. The number of aromatic nitrogens is 3. The van der Waals surface area contributed by atoms with Gasteiger partial charge in [-0.3, -0.25) is 9.89 Å². The molecule has 94 valence electrons. The Kier molecular flexibility index (Phi) is 3.68. The van der Waals surface area contributed by atoms with E-state index in [1.807, 2.05) is 0 Å². The summed E-state index contributed by atoms with van der Waals surface area (Å²) in [6.07, 6.45) is 1.78. The van der Waals surface area contributed by atoms with Gasteiger partial charge in [0, 0.05) is 17.3 Å². The Balaban J connectivity index is 1.83. The molecule has 1 amide bonds. The summed E-state index contributed by atoms with van der Waals surface area (Å²) in [6, 6.07) is 1.71. The van der Waals surface area contributed by atoms with E-state index >= 15 is 0 Å². The molecule has 0 aromatic carbocycles. The summed E-state index contributed by atoms with van der Waals surface area (Å²) in [5.74, 6) is -1.24. The van der Waals surface area contributed by atoms with Gasteiger partial charge in [0.1, 0.15) is 5.01 Å². The average Bonchev–Trinajstić information content (AvgIpc) is 2.96. The topological polar surface area (TPSA) is 108 Å². The van der Waals surface area contributed by atoms with Crippen LogP contribution >= 0.6 is 11.3 Å². The summed E-state index contributed by atoms with van der Waals surface area (Å²) in [5.41, 5.74) is 0.718. The van der Waals surface area contributed by atoms with Gasteiger partial charge >= 0.3 is 5.97 Å². The minimum atomic E-state index is -1.07. The monoisotopic (exact) mass is 266 g/mol. The lowest BCUT2D eigenvalue weighted by atomic mass is 10.3. The maximum Gasteiger partial charge on any atom is 0.355 e. The molecule has 0 aliphatic carbocycles. The highest BCUT2D eigenvalue weighted by molar-refractivity contribution is 7.09. The highest BCUT2D eigenvalue weighted by Gasteiger charge is 2.10. The van der Waals surface area contributed by atoms with Crippen molar-refractivity contribution in [3.63, 3.8) is 0 Å². The maximum atomic E-state index is 11.5. The van der Waals surface area contributed by atoms with Crippen molar-refractivity contribution < 1.29 is 14.7 Å². The quantitative estimate of drug-likeness (QED) is 0.727. The van der Waals surface area contributed by atoms with Gasteiger partial charge in [0.05, 0.1) is 13.0 Å². The summed E-state index contributed by atoms with van der Waals surface area (Å²) in [5, 5.41) is 19.8. The van der Waals surface area contributed by atoms with Crippen LogP contribution < -0.4 is 5.32 Å². The molecule has 0 radical (unpaired) electrons. The molecular formula is C10H10N4O3S. The molecule has 0 spiro atoms. The fourth-order valence-corrected chi connectivity index (χ4v) is 1.99. The summed E-state index contributed by atoms with van der Waals surface area (Å²) < 4.78 is 0. The van der Waals surface area contributed by atoms with Gasteiger partial charge < -0.3 is 10.4 Å². The predicted molar refractivity (Wildman–Crippen MR) is 63.2 cm³/mol. The molecule has 0 unspecified atom stereocenters. The molecular weight excluding hydrogens is 256 g/mol. The first-order valence-corrected chi connectivity index (χ1v) is 5.96. The van der Waals surface area contributed by atoms with E-state index in [-0.39, 0.29) is 24.6 Å². The molecule has 0 fully saturated rings. The van der Waals surface area contributed by atoms with Crippen molar-refractivity contribution in [1.29, 1.82) is 0 Å². The number of carboxylic acids is 1. The smallest absolute Gasteiger partial charge is 0.355 e. The molecule has 2 aromatic rings. The third kappa shape index (κ3) is 3.14. The van der Waals surface area contributed by atoms with Gasteiger partial charge in [0.15, 0.2) is 5.69 Å². The van der Waals surface area contributed by atoms with Crippen LogP contribution in [0.5, 0.6) is 0 Å². The zero-order valence-corrected chi connectivity index (χ0v) is 10.0. The van der Waals surface area contributed by atoms with Gasteiger partial charge in [0.25, 0.3) is 0 Å². The second-order valence-corrected chi connectivity index (χ2v) is 4.41. The minimum Gasteiger partial charge on any atom is -0.476 e. The number of H-pyrrole nitrogens is 1. The lowest BCUT2D eigenvalue weighted by Gasteiger charge is -2.00. The Hall–Kier alpha value is -2.22. The molecule has 2 heterocycles. The number of aromatic amines is 1. The number of nitrogens with one attached hydrogen (secondary N) is 2. The second kappa shape index (κ2) is 5.41. The first-order chi connectivity index (χ1) is 8.65. The van der Waals surface area contributed by atoms with Crippen molar-refractivity contribution in [2.24, 2.45) is 0 Å². The molecule has 2 aromatic heterocycles. The van der Waals surface area contributed by atoms with E-state index in [0.717, 1.165) is 5.69 Å². The number of rotatable bonds is 5. The fourth-order valence-electron chi connectivity index (χ4n) is 1.28. The van der Waals surface area contributed by atoms with E-state index in [1.54, 1.807) is 12.3 Å². The van der Waals surface area contributed by atoms with Gasteiger partial charge in [-0.05, 0) is 6.07 Å². The van der Waals surface area contributed by atoms with Crippen LogP contribution in [0.15, 0.2) is 17.6 Å². The predicted octanol–water partition coefficient (Wildman–Crippen LogP) is 0.423. The molecule has 18 heavy (non-hydrogen) atoms. The van der Waals surface area contributed by atoms with Crippen molar-refractivity contribution in [2.45, 2.75) is 13.0 Å². The number of thiazole rings is 1. The number of nitrogens with zero attached hydrogens (tertiary/aromatic N) is 2. The highest BCUT2D eigenvalue weighted by Crippen LogP contribution is 2.09. The van der Waals surface area contributed by atoms with Crippen molar-refractivity contribution in [3.05, 3.63) is 34.0 Å². The Labute approximate surface area is 106 Å². The van der Waals surface area contributed by atoms with E-state index in [9.17, 15) is 9.59 Å². The molecule has 0 saturated carbocycles. The Bertz CT molecular complexity index is 549. The Morgan fingerprint density at radius 2 is 2.33 bits per heavy atom. The molecule has 0 aliphatic rings. The highest BCUT2D eigenvalue weighted by atomic mass is 32.1. The van der Waals surface area contributed by atoms with Crippen LogP contribution in [0.3, 0.4) is 0 Å². The number of carboxylic acid groups (broad SMARTS) is 1. The third-order valence-corrected chi connectivity index (χ3v) is 2.97. The lowest BCUT2D eigenvalue weighted by molar-refractivity contribution is -0.120. The van der Waals surface area contributed by atoms with Gasteiger partial charge in [-0.2, -0.15) is 5.10 Å². The Morgan fingerprint density at radius 1 is 1.50 bits per heavy atom. The minimum absolute atomic E-state index is 0.00202. The number of hydrogen-bond acceptors (Lipinski definition) is 5. The summed E-state index contributed by atoms with van der Waals surface area (Å²) in [6.45, 7) is 0.227. The van der Waals surface area contributed by atoms with Crippen LogP contribution in [0.25, 0.3) is 0 Å². The molecule has 2 rings (SSSR count). The first-order valence-electron chi connectivity index (χ1n) is 5.08. The zero-order chi connectivity index (χ0) is 13.0. The molecule has 8 heteroatoms. The van der Waals surface area contributed by atoms with E-state index in [4.69, 9.17) is 5.11 Å². The number of carbonyl (C=O) groups excluding carboxylic acids is 1. The number of amides is 1. The van der Waals surface area contributed by atoms with E-state index in [1.165, 1.54) is 16.7 Å². The van der Waals surface area contributed by atoms with Gasteiger partial charge in [-0.15, -0.1) is 11.3 Å². The number of carbonyl (C=O) groups is 2.